The van der Waals surface area contributed by atoms with Gasteiger partial charge in [0.2, 0.25) is 5.82 Å². The van der Waals surface area contributed by atoms with Gasteiger partial charge in [-0.25, -0.2) is 9.97 Å². The van der Waals surface area contributed by atoms with E-state index in [-0.39, 0.29) is 23.7 Å². The highest BCUT2D eigenvalue weighted by Gasteiger charge is 2.22. The Labute approximate surface area is 170 Å². The lowest BCUT2D eigenvalue weighted by Crippen LogP contribution is -2.18. The SMILES string of the molecule is Cc1ccc(C(C)(C)c2ccc(OCc3ccnc(C(=N)OC=N)n3)cc2)cc1. The van der Waals surface area contributed by atoms with Crippen molar-refractivity contribution >= 4 is 12.3 Å². The molecule has 1 aromatic heterocycles. The average molecular weight is 388 g/mol. The molecule has 0 aliphatic carbocycles. The van der Waals surface area contributed by atoms with E-state index in [0.717, 1.165) is 5.75 Å². The molecule has 0 saturated heterocycles. The van der Waals surface area contributed by atoms with E-state index in [4.69, 9.17) is 20.3 Å². The van der Waals surface area contributed by atoms with Crippen LogP contribution in [0, 0.1) is 17.7 Å². The lowest BCUT2D eigenvalue weighted by atomic mass is 9.78. The van der Waals surface area contributed by atoms with E-state index in [9.17, 15) is 0 Å². The summed E-state index contributed by atoms with van der Waals surface area (Å²) in [6.45, 7) is 6.75. The molecule has 6 nitrogen and oxygen atoms in total. The van der Waals surface area contributed by atoms with Crippen LogP contribution in [0.2, 0.25) is 0 Å². The van der Waals surface area contributed by atoms with Gasteiger partial charge in [0.05, 0.1) is 5.69 Å². The fourth-order valence-electron chi connectivity index (χ4n) is 2.96. The number of aromatic nitrogens is 2. The Kier molecular flexibility index (Phi) is 6.02. The van der Waals surface area contributed by atoms with Gasteiger partial charge in [-0.05, 0) is 36.2 Å². The molecule has 0 unspecified atom stereocenters. The molecule has 0 atom stereocenters. The number of hydrogen-bond acceptors (Lipinski definition) is 6. The number of rotatable bonds is 7. The van der Waals surface area contributed by atoms with Gasteiger partial charge in [0, 0.05) is 11.6 Å². The van der Waals surface area contributed by atoms with Crippen molar-refractivity contribution in [1.29, 1.82) is 10.8 Å². The first-order valence-electron chi connectivity index (χ1n) is 9.27. The highest BCUT2D eigenvalue weighted by atomic mass is 16.5. The Morgan fingerprint density at radius 2 is 1.62 bits per heavy atom. The summed E-state index contributed by atoms with van der Waals surface area (Å²) in [7, 11) is 0. The van der Waals surface area contributed by atoms with Crippen molar-refractivity contribution in [3.8, 4) is 5.75 Å². The number of nitrogens with one attached hydrogen (secondary N) is 2. The molecule has 0 aliphatic rings. The molecule has 0 amide bonds. The van der Waals surface area contributed by atoms with Crippen molar-refractivity contribution in [2.75, 3.05) is 0 Å². The Morgan fingerprint density at radius 1 is 1.00 bits per heavy atom. The minimum Gasteiger partial charge on any atom is -0.487 e. The van der Waals surface area contributed by atoms with Crippen LogP contribution in [-0.4, -0.2) is 22.3 Å². The summed E-state index contributed by atoms with van der Waals surface area (Å²) in [5.74, 6) is 0.578. The molecule has 3 rings (SSSR count). The van der Waals surface area contributed by atoms with Crippen LogP contribution in [0.15, 0.2) is 60.8 Å². The molecule has 148 valence electrons. The predicted octanol–water partition coefficient (Wildman–Crippen LogP) is 4.64. The lowest BCUT2D eigenvalue weighted by molar-refractivity contribution is 0.300. The van der Waals surface area contributed by atoms with Crippen LogP contribution in [0.5, 0.6) is 5.75 Å². The fourth-order valence-corrected chi connectivity index (χ4v) is 2.96. The summed E-state index contributed by atoms with van der Waals surface area (Å²) in [6.07, 6.45) is 2.21. The molecule has 3 aromatic rings. The smallest absolute Gasteiger partial charge is 0.258 e. The minimum atomic E-state index is -0.274. The summed E-state index contributed by atoms with van der Waals surface area (Å²) in [5, 5.41) is 14.5. The van der Waals surface area contributed by atoms with Gasteiger partial charge in [-0.1, -0.05) is 55.8 Å². The van der Waals surface area contributed by atoms with E-state index in [0.29, 0.717) is 12.1 Å². The predicted molar refractivity (Wildman–Crippen MR) is 113 cm³/mol. The molecule has 2 aromatic carbocycles. The summed E-state index contributed by atoms with van der Waals surface area (Å²) in [5.41, 5.74) is 4.23. The molecule has 2 N–H and O–H groups in total. The lowest BCUT2D eigenvalue weighted by Gasteiger charge is -2.26. The summed E-state index contributed by atoms with van der Waals surface area (Å²) < 4.78 is 10.5. The fraction of sp³-hybridized carbons (Fsp3) is 0.217. The molecule has 1 heterocycles. The van der Waals surface area contributed by atoms with E-state index in [1.54, 1.807) is 6.07 Å². The third-order valence-electron chi connectivity index (χ3n) is 4.83. The number of aryl methyl sites for hydroxylation is 1. The third-order valence-corrected chi connectivity index (χ3v) is 4.83. The molecular formula is C23H24N4O2. The zero-order chi connectivity index (χ0) is 20.9. The van der Waals surface area contributed by atoms with Crippen LogP contribution >= 0.6 is 0 Å². The maximum absolute atomic E-state index is 7.65. The molecule has 0 saturated carbocycles. The first-order valence-corrected chi connectivity index (χ1v) is 9.27. The highest BCUT2D eigenvalue weighted by molar-refractivity contribution is 5.91. The quantitative estimate of drug-likeness (QED) is 0.456. The van der Waals surface area contributed by atoms with Gasteiger partial charge in [0.15, 0.2) is 6.40 Å². The number of nitrogens with zero attached hydrogens (tertiary/aromatic N) is 2. The average Bonchev–Trinajstić information content (AvgIpc) is 2.73. The standard InChI is InChI=1S/C23H24N4O2/c1-16-4-6-17(7-5-16)23(2,3)18-8-10-20(11-9-18)28-14-19-12-13-26-22(27-19)21(25)29-15-24/h4-13,15,24-25H,14H2,1-3H3. The topological polar surface area (TPSA) is 91.9 Å². The summed E-state index contributed by atoms with van der Waals surface area (Å²) in [4.78, 5) is 8.19. The third kappa shape index (κ3) is 4.85. The molecule has 0 radical (unpaired) electrons. The Balaban J connectivity index is 1.68. The molecule has 6 heteroatoms. The highest BCUT2D eigenvalue weighted by Crippen LogP contribution is 2.32. The van der Waals surface area contributed by atoms with Crippen LogP contribution in [0.3, 0.4) is 0 Å². The maximum atomic E-state index is 7.65. The van der Waals surface area contributed by atoms with Crippen molar-refractivity contribution in [2.24, 2.45) is 0 Å². The normalized spacial score (nSPS) is 11.0. The molecule has 0 spiro atoms. The van der Waals surface area contributed by atoms with Crippen LogP contribution in [-0.2, 0) is 16.8 Å². The molecular weight excluding hydrogens is 364 g/mol. The second-order valence-corrected chi connectivity index (χ2v) is 7.24. The molecule has 0 fully saturated rings. The van der Waals surface area contributed by atoms with Crippen molar-refractivity contribution in [1.82, 2.24) is 9.97 Å². The van der Waals surface area contributed by atoms with Crippen molar-refractivity contribution in [2.45, 2.75) is 32.8 Å². The molecule has 29 heavy (non-hydrogen) atoms. The van der Waals surface area contributed by atoms with Gasteiger partial charge >= 0.3 is 0 Å². The number of ether oxygens (including phenoxy) is 2. The number of benzene rings is 2. The van der Waals surface area contributed by atoms with E-state index in [2.05, 4.69) is 67.1 Å². The minimum absolute atomic E-state index is 0.108. The zero-order valence-corrected chi connectivity index (χ0v) is 16.8. The Bertz CT molecular complexity index is 996. The van der Waals surface area contributed by atoms with Crippen LogP contribution in [0.25, 0.3) is 0 Å². The van der Waals surface area contributed by atoms with E-state index in [1.807, 2.05) is 12.1 Å². The van der Waals surface area contributed by atoms with Crippen LogP contribution < -0.4 is 4.74 Å². The largest absolute Gasteiger partial charge is 0.487 e. The monoisotopic (exact) mass is 388 g/mol. The number of hydrogen-bond donors (Lipinski definition) is 2. The van der Waals surface area contributed by atoms with Gasteiger partial charge in [-0.2, -0.15) is 0 Å². The van der Waals surface area contributed by atoms with Gasteiger partial charge in [0.1, 0.15) is 12.4 Å². The molecule has 0 aliphatic heterocycles. The van der Waals surface area contributed by atoms with Crippen LogP contribution in [0.1, 0.15) is 42.1 Å². The van der Waals surface area contributed by atoms with Crippen LogP contribution in [0.4, 0.5) is 0 Å². The van der Waals surface area contributed by atoms with Gasteiger partial charge in [-0.15, -0.1) is 0 Å². The van der Waals surface area contributed by atoms with Crippen molar-refractivity contribution in [3.05, 3.63) is 89.0 Å². The zero-order valence-electron chi connectivity index (χ0n) is 16.8. The van der Waals surface area contributed by atoms with Gasteiger partial charge < -0.3 is 9.47 Å². The molecule has 0 bridgehead atoms. The maximum Gasteiger partial charge on any atom is 0.258 e. The first kappa shape index (κ1) is 20.2. The van der Waals surface area contributed by atoms with Crippen molar-refractivity contribution in [3.63, 3.8) is 0 Å². The second-order valence-electron chi connectivity index (χ2n) is 7.24. The summed E-state index contributed by atoms with van der Waals surface area (Å²) >= 11 is 0. The second kappa shape index (κ2) is 8.65. The van der Waals surface area contributed by atoms with E-state index in [1.165, 1.54) is 22.9 Å². The van der Waals surface area contributed by atoms with Crippen molar-refractivity contribution < 1.29 is 9.47 Å². The summed E-state index contributed by atoms with van der Waals surface area (Å²) in [6, 6.07) is 18.4. The Morgan fingerprint density at radius 3 is 2.24 bits per heavy atom. The van der Waals surface area contributed by atoms with E-state index >= 15 is 0 Å². The Hall–Kier alpha value is -3.54. The first-order chi connectivity index (χ1) is 13.9. The van der Waals surface area contributed by atoms with Gasteiger partial charge in [0.25, 0.3) is 5.90 Å². The van der Waals surface area contributed by atoms with E-state index < -0.39 is 0 Å². The van der Waals surface area contributed by atoms with Gasteiger partial charge in [-0.3, -0.25) is 10.8 Å².